The Balaban J connectivity index is 2.46. The van der Waals surface area contributed by atoms with Crippen LogP contribution in [0.2, 0.25) is 0 Å². The smallest absolute Gasteiger partial charge is 0.347 e. The zero-order valence-electron chi connectivity index (χ0n) is 10.7. The highest BCUT2D eigenvalue weighted by Crippen LogP contribution is 2.29. The molecule has 0 aromatic heterocycles. The predicted octanol–water partition coefficient (Wildman–Crippen LogP) is 1.99. The lowest BCUT2D eigenvalue weighted by molar-refractivity contribution is 0.199. The van der Waals surface area contributed by atoms with Crippen molar-refractivity contribution in [1.29, 1.82) is 0 Å². The fourth-order valence-corrected chi connectivity index (χ4v) is 2.06. The van der Waals surface area contributed by atoms with Gasteiger partial charge in [-0.2, -0.15) is 4.99 Å². The third kappa shape index (κ3) is 2.17. The minimum absolute atomic E-state index is 0.135. The van der Waals surface area contributed by atoms with E-state index in [-0.39, 0.29) is 11.7 Å². The predicted molar refractivity (Wildman–Crippen MR) is 71.0 cm³/mol. The van der Waals surface area contributed by atoms with E-state index >= 15 is 0 Å². The van der Waals surface area contributed by atoms with Crippen LogP contribution < -0.4 is 5.73 Å². The van der Waals surface area contributed by atoms with E-state index in [0.29, 0.717) is 11.1 Å². The molecular weight excluding hydrogens is 245 g/mol. The minimum atomic E-state index is -0.603. The highest BCUT2D eigenvalue weighted by atomic mass is 19.1. The average Bonchev–Trinajstić information content (AvgIpc) is 2.67. The lowest BCUT2D eigenvalue weighted by Gasteiger charge is -2.27. The molecule has 2 rings (SSSR count). The number of nitrogens with zero attached hydrogens (tertiary/aromatic N) is 2. The van der Waals surface area contributed by atoms with Gasteiger partial charge in [-0.1, -0.05) is 18.1 Å². The summed E-state index contributed by atoms with van der Waals surface area (Å²) in [5.41, 5.74) is 6.86. The number of hydrogen-bond donors (Lipinski definition) is 1. The number of aliphatic imine (C=N–C) groups is 1. The van der Waals surface area contributed by atoms with Gasteiger partial charge in [0.05, 0.1) is 6.04 Å². The van der Waals surface area contributed by atoms with Crippen LogP contribution >= 0.6 is 0 Å². The van der Waals surface area contributed by atoms with Crippen LogP contribution in [0.15, 0.2) is 23.2 Å². The van der Waals surface area contributed by atoms with Crippen molar-refractivity contribution in [2.24, 2.45) is 10.7 Å². The fraction of sp³-hybridized carbons (Fsp3) is 0.286. The Morgan fingerprint density at radius 2 is 2.26 bits per heavy atom. The van der Waals surface area contributed by atoms with Crippen molar-refractivity contribution in [3.05, 3.63) is 35.1 Å². The second-order valence-corrected chi connectivity index (χ2v) is 4.48. The standard InChI is InChI=1S/C14H14FN3O/c1-4-9(3)18-12(13(16)17-14(18)19)10-6-5-8(2)11(15)7-10/h1,5-7,9,12H,2-3H3,(H2,16,17,19). The number of benzene rings is 1. The third-order valence-corrected chi connectivity index (χ3v) is 3.17. The maximum atomic E-state index is 13.6. The normalized spacial score (nSPS) is 20.1. The molecule has 1 heterocycles. The molecule has 0 bridgehead atoms. The van der Waals surface area contributed by atoms with Crippen molar-refractivity contribution in [2.75, 3.05) is 0 Å². The molecular formula is C14H14FN3O. The van der Waals surface area contributed by atoms with Crippen LogP contribution in [0.1, 0.15) is 24.1 Å². The van der Waals surface area contributed by atoms with Gasteiger partial charge < -0.3 is 5.73 Å². The number of aryl methyl sites for hydroxylation is 1. The van der Waals surface area contributed by atoms with Crippen LogP contribution in [0.25, 0.3) is 0 Å². The maximum absolute atomic E-state index is 13.6. The molecule has 0 spiro atoms. The molecule has 98 valence electrons. The van der Waals surface area contributed by atoms with Crippen molar-refractivity contribution >= 4 is 11.9 Å². The molecule has 1 aromatic carbocycles. The summed E-state index contributed by atoms with van der Waals surface area (Å²) in [6.07, 6.45) is 5.34. The molecule has 1 aliphatic heterocycles. The van der Waals surface area contributed by atoms with E-state index in [4.69, 9.17) is 12.2 Å². The first-order valence-corrected chi connectivity index (χ1v) is 5.84. The second kappa shape index (κ2) is 4.73. The number of urea groups is 1. The number of hydrogen-bond acceptors (Lipinski definition) is 2. The molecule has 5 heteroatoms. The SMILES string of the molecule is C#CC(C)N1C(=O)N=C(N)C1c1ccc(C)c(F)c1. The van der Waals surface area contributed by atoms with Crippen molar-refractivity contribution < 1.29 is 9.18 Å². The zero-order valence-corrected chi connectivity index (χ0v) is 10.7. The molecule has 2 N–H and O–H groups in total. The Morgan fingerprint density at radius 1 is 1.58 bits per heavy atom. The summed E-state index contributed by atoms with van der Waals surface area (Å²) in [7, 11) is 0. The first kappa shape index (κ1) is 13.1. The first-order valence-electron chi connectivity index (χ1n) is 5.84. The van der Waals surface area contributed by atoms with Crippen molar-refractivity contribution in [3.8, 4) is 12.3 Å². The van der Waals surface area contributed by atoms with Crippen molar-refractivity contribution in [2.45, 2.75) is 25.9 Å². The zero-order chi connectivity index (χ0) is 14.2. The molecule has 2 atom stereocenters. The van der Waals surface area contributed by atoms with E-state index in [1.165, 1.54) is 11.0 Å². The van der Waals surface area contributed by atoms with Crippen LogP contribution in [-0.2, 0) is 0 Å². The van der Waals surface area contributed by atoms with E-state index in [0.717, 1.165) is 0 Å². The average molecular weight is 259 g/mol. The molecule has 1 aromatic rings. The molecule has 0 radical (unpaired) electrons. The maximum Gasteiger partial charge on any atom is 0.347 e. The van der Waals surface area contributed by atoms with Crippen LogP contribution in [0, 0.1) is 25.1 Å². The van der Waals surface area contributed by atoms with Crippen LogP contribution in [0.4, 0.5) is 9.18 Å². The Kier molecular flexibility index (Phi) is 3.26. The summed E-state index contributed by atoms with van der Waals surface area (Å²) in [5, 5.41) is 0. The molecule has 0 saturated carbocycles. The summed E-state index contributed by atoms with van der Waals surface area (Å²) in [5.74, 6) is 2.25. The summed E-state index contributed by atoms with van der Waals surface area (Å²) in [6, 6.07) is 3.16. The van der Waals surface area contributed by atoms with Crippen LogP contribution in [0.5, 0.6) is 0 Å². The quantitative estimate of drug-likeness (QED) is 0.826. The monoisotopic (exact) mass is 259 g/mol. The van der Waals surface area contributed by atoms with Gasteiger partial charge in [0.1, 0.15) is 17.7 Å². The van der Waals surface area contributed by atoms with Crippen LogP contribution in [-0.4, -0.2) is 22.8 Å². The van der Waals surface area contributed by atoms with Gasteiger partial charge in [-0.3, -0.25) is 4.90 Å². The molecule has 0 saturated heterocycles. The number of halogens is 1. The van der Waals surface area contributed by atoms with Gasteiger partial charge in [0, 0.05) is 0 Å². The van der Waals surface area contributed by atoms with Crippen LogP contribution in [0.3, 0.4) is 0 Å². The number of rotatable bonds is 2. The Morgan fingerprint density at radius 3 is 2.84 bits per heavy atom. The van der Waals surface area contributed by atoms with Gasteiger partial charge in [-0.15, -0.1) is 6.42 Å². The lowest BCUT2D eigenvalue weighted by Crippen LogP contribution is -2.39. The highest BCUT2D eigenvalue weighted by molar-refractivity contribution is 6.03. The molecule has 19 heavy (non-hydrogen) atoms. The fourth-order valence-electron chi connectivity index (χ4n) is 2.06. The highest BCUT2D eigenvalue weighted by Gasteiger charge is 2.37. The van der Waals surface area contributed by atoms with Gasteiger partial charge in [0.25, 0.3) is 0 Å². The lowest BCUT2D eigenvalue weighted by atomic mass is 10.0. The second-order valence-electron chi connectivity index (χ2n) is 4.48. The topological polar surface area (TPSA) is 58.7 Å². The summed E-state index contributed by atoms with van der Waals surface area (Å²) >= 11 is 0. The number of carbonyl (C=O) groups is 1. The van der Waals surface area contributed by atoms with E-state index in [2.05, 4.69) is 10.9 Å². The van der Waals surface area contributed by atoms with Gasteiger partial charge in [-0.05, 0) is 31.0 Å². The molecule has 0 fully saturated rings. The molecule has 2 unspecified atom stereocenters. The van der Waals surface area contributed by atoms with Gasteiger partial charge in [-0.25, -0.2) is 9.18 Å². The summed E-state index contributed by atoms with van der Waals surface area (Å²) < 4.78 is 13.6. The van der Waals surface area contributed by atoms with E-state index in [9.17, 15) is 9.18 Å². The van der Waals surface area contributed by atoms with E-state index < -0.39 is 18.1 Å². The Bertz CT molecular complexity index is 603. The minimum Gasteiger partial charge on any atom is -0.385 e. The molecule has 0 aliphatic carbocycles. The number of amides is 2. The van der Waals surface area contributed by atoms with Gasteiger partial charge in [0.2, 0.25) is 0 Å². The largest absolute Gasteiger partial charge is 0.385 e. The van der Waals surface area contributed by atoms with E-state index in [1.807, 2.05) is 0 Å². The third-order valence-electron chi connectivity index (χ3n) is 3.17. The van der Waals surface area contributed by atoms with Gasteiger partial charge in [0.15, 0.2) is 0 Å². The molecule has 1 aliphatic rings. The first-order chi connectivity index (χ1) is 8.95. The number of nitrogens with two attached hydrogens (primary N) is 1. The molecule has 2 amide bonds. The molecule has 4 nitrogen and oxygen atoms in total. The Hall–Kier alpha value is -2.35. The number of terminal acetylenes is 1. The van der Waals surface area contributed by atoms with Gasteiger partial charge >= 0.3 is 6.03 Å². The van der Waals surface area contributed by atoms with Crippen molar-refractivity contribution in [3.63, 3.8) is 0 Å². The van der Waals surface area contributed by atoms with E-state index in [1.54, 1.807) is 26.0 Å². The number of amidine groups is 1. The number of carbonyl (C=O) groups excluding carboxylic acids is 1. The Labute approximate surface area is 111 Å². The summed E-state index contributed by atoms with van der Waals surface area (Å²) in [6.45, 7) is 3.36. The van der Waals surface area contributed by atoms with Crippen molar-refractivity contribution in [1.82, 2.24) is 4.90 Å². The summed E-state index contributed by atoms with van der Waals surface area (Å²) in [4.78, 5) is 16.9.